The Bertz CT molecular complexity index is 737. The Labute approximate surface area is 141 Å². The maximum absolute atomic E-state index is 12.2. The summed E-state index contributed by atoms with van der Waals surface area (Å²) in [6.07, 6.45) is -0.0798. The number of hydrogen-bond donors (Lipinski definition) is 3. The molecule has 0 radical (unpaired) electrons. The molecule has 2 aromatic rings. The fourth-order valence-electron chi connectivity index (χ4n) is 2.84. The number of aliphatic hydroxyl groups is 1. The van der Waals surface area contributed by atoms with E-state index in [-0.39, 0.29) is 5.41 Å². The summed E-state index contributed by atoms with van der Waals surface area (Å²) < 4.78 is 0. The number of benzene rings is 1. The maximum atomic E-state index is 12.2. The number of rotatable bonds is 2. The molecule has 6 nitrogen and oxygen atoms in total. The van der Waals surface area contributed by atoms with Crippen LogP contribution in [0.15, 0.2) is 36.4 Å². The molecule has 0 fully saturated rings. The highest BCUT2D eigenvalue weighted by atomic mass is 16.3. The Morgan fingerprint density at radius 3 is 2.58 bits per heavy atom. The van der Waals surface area contributed by atoms with Crippen LogP contribution in [0.25, 0.3) is 0 Å². The number of nitrogens with one attached hydrogen (secondary N) is 2. The van der Waals surface area contributed by atoms with Gasteiger partial charge in [0.15, 0.2) is 5.82 Å². The first-order valence-corrected chi connectivity index (χ1v) is 8.02. The van der Waals surface area contributed by atoms with Crippen molar-refractivity contribution in [1.82, 2.24) is 15.5 Å². The SMILES string of the molecule is CC(C)(C)c1ccc(NC(=O)N[C@H]2c3ccccc3C[C@H]2O)nn1. The lowest BCUT2D eigenvalue weighted by molar-refractivity contribution is 0.144. The van der Waals surface area contributed by atoms with E-state index >= 15 is 0 Å². The molecule has 1 aliphatic rings. The second-order valence-electron chi connectivity index (χ2n) is 7.10. The molecule has 1 aromatic carbocycles. The zero-order valence-corrected chi connectivity index (χ0v) is 14.1. The van der Waals surface area contributed by atoms with Gasteiger partial charge < -0.3 is 10.4 Å². The van der Waals surface area contributed by atoms with Crippen LogP contribution in [0.5, 0.6) is 0 Å². The highest BCUT2D eigenvalue weighted by molar-refractivity contribution is 5.88. The number of urea groups is 1. The molecule has 1 aliphatic carbocycles. The number of fused-ring (bicyclic) bond motifs is 1. The Morgan fingerprint density at radius 1 is 1.17 bits per heavy atom. The van der Waals surface area contributed by atoms with E-state index in [0.717, 1.165) is 16.8 Å². The van der Waals surface area contributed by atoms with Gasteiger partial charge in [-0.3, -0.25) is 5.32 Å². The molecule has 1 heterocycles. The molecular weight excluding hydrogens is 304 g/mol. The first kappa shape index (κ1) is 16.4. The van der Waals surface area contributed by atoms with Crippen LogP contribution in [0.4, 0.5) is 10.6 Å². The molecule has 3 N–H and O–H groups in total. The number of amides is 2. The van der Waals surface area contributed by atoms with Crippen molar-refractivity contribution in [3.63, 3.8) is 0 Å². The van der Waals surface area contributed by atoms with Gasteiger partial charge in [0, 0.05) is 11.8 Å². The lowest BCUT2D eigenvalue weighted by atomic mass is 9.92. The first-order chi connectivity index (χ1) is 11.3. The third-order valence-corrected chi connectivity index (χ3v) is 4.17. The molecule has 0 saturated carbocycles. The summed E-state index contributed by atoms with van der Waals surface area (Å²) in [6, 6.07) is 10.5. The molecule has 2 amide bonds. The van der Waals surface area contributed by atoms with Gasteiger partial charge in [-0.15, -0.1) is 5.10 Å². The van der Waals surface area contributed by atoms with E-state index in [0.29, 0.717) is 12.2 Å². The number of carbonyl (C=O) groups is 1. The van der Waals surface area contributed by atoms with Crippen LogP contribution in [-0.2, 0) is 11.8 Å². The Hall–Kier alpha value is -2.47. The van der Waals surface area contributed by atoms with Gasteiger partial charge in [-0.25, -0.2) is 4.79 Å². The largest absolute Gasteiger partial charge is 0.390 e. The summed E-state index contributed by atoms with van der Waals surface area (Å²) in [5.41, 5.74) is 2.78. The number of carbonyl (C=O) groups excluding carboxylic acids is 1. The van der Waals surface area contributed by atoms with Gasteiger partial charge >= 0.3 is 6.03 Å². The normalized spacial score (nSPS) is 19.7. The third-order valence-electron chi connectivity index (χ3n) is 4.17. The standard InChI is InChI=1S/C18H22N4O2/c1-18(2,3)14-8-9-15(22-21-14)19-17(24)20-16-12-7-5-4-6-11(12)10-13(16)23/h4-9,13,16,23H,10H2,1-3H3,(H2,19,20,22,24)/t13-,16+/m1/s1. The van der Waals surface area contributed by atoms with Crippen LogP contribution in [0.3, 0.4) is 0 Å². The van der Waals surface area contributed by atoms with E-state index in [1.165, 1.54) is 0 Å². The lowest BCUT2D eigenvalue weighted by Crippen LogP contribution is -2.37. The highest BCUT2D eigenvalue weighted by Crippen LogP contribution is 2.31. The summed E-state index contributed by atoms with van der Waals surface area (Å²) in [5.74, 6) is 0.376. The highest BCUT2D eigenvalue weighted by Gasteiger charge is 2.31. The van der Waals surface area contributed by atoms with Crippen LogP contribution >= 0.6 is 0 Å². The topological polar surface area (TPSA) is 87.1 Å². The molecule has 6 heteroatoms. The van der Waals surface area contributed by atoms with Crippen molar-refractivity contribution in [2.75, 3.05) is 5.32 Å². The van der Waals surface area contributed by atoms with Gasteiger partial charge in [0.1, 0.15) is 0 Å². The van der Waals surface area contributed by atoms with Gasteiger partial charge in [0.05, 0.1) is 17.8 Å². The van der Waals surface area contributed by atoms with Crippen molar-refractivity contribution in [2.24, 2.45) is 0 Å². The molecule has 1 aromatic heterocycles. The summed E-state index contributed by atoms with van der Waals surface area (Å²) in [7, 11) is 0. The molecule has 0 unspecified atom stereocenters. The van der Waals surface area contributed by atoms with E-state index in [9.17, 15) is 9.90 Å². The fraction of sp³-hybridized carbons (Fsp3) is 0.389. The average molecular weight is 326 g/mol. The average Bonchev–Trinajstić information content (AvgIpc) is 2.83. The second kappa shape index (κ2) is 6.20. The number of aliphatic hydroxyl groups excluding tert-OH is 1. The maximum Gasteiger partial charge on any atom is 0.321 e. The number of anilines is 1. The van der Waals surface area contributed by atoms with E-state index in [1.54, 1.807) is 6.07 Å². The molecule has 126 valence electrons. The lowest BCUT2D eigenvalue weighted by Gasteiger charge is -2.19. The van der Waals surface area contributed by atoms with Crippen LogP contribution in [0.1, 0.15) is 43.6 Å². The first-order valence-electron chi connectivity index (χ1n) is 8.02. The minimum absolute atomic E-state index is 0.0918. The zero-order chi connectivity index (χ0) is 17.3. The fourth-order valence-corrected chi connectivity index (χ4v) is 2.84. The van der Waals surface area contributed by atoms with Crippen LogP contribution in [-0.4, -0.2) is 27.4 Å². The summed E-state index contributed by atoms with van der Waals surface area (Å²) in [5, 5.41) is 23.8. The van der Waals surface area contributed by atoms with Gasteiger partial charge in [0.2, 0.25) is 0 Å². The van der Waals surface area contributed by atoms with Crippen molar-refractivity contribution in [1.29, 1.82) is 0 Å². The molecular formula is C18H22N4O2. The third kappa shape index (κ3) is 3.38. The van der Waals surface area contributed by atoms with Crippen molar-refractivity contribution in [3.05, 3.63) is 53.2 Å². The second-order valence-corrected chi connectivity index (χ2v) is 7.10. The summed E-state index contributed by atoms with van der Waals surface area (Å²) >= 11 is 0. The Balaban J connectivity index is 1.66. The number of nitrogens with zero attached hydrogens (tertiary/aromatic N) is 2. The summed E-state index contributed by atoms with van der Waals surface area (Å²) in [4.78, 5) is 12.2. The number of aromatic nitrogens is 2. The molecule has 2 atom stereocenters. The Kier molecular flexibility index (Phi) is 4.24. The zero-order valence-electron chi connectivity index (χ0n) is 14.1. The van der Waals surface area contributed by atoms with Crippen molar-refractivity contribution >= 4 is 11.8 Å². The molecule has 0 aliphatic heterocycles. The van der Waals surface area contributed by atoms with Crippen LogP contribution in [0.2, 0.25) is 0 Å². The van der Waals surface area contributed by atoms with Gasteiger partial charge in [-0.05, 0) is 23.3 Å². The van der Waals surface area contributed by atoms with E-state index in [1.807, 2.05) is 30.3 Å². The smallest absolute Gasteiger partial charge is 0.321 e. The molecule has 24 heavy (non-hydrogen) atoms. The quantitative estimate of drug-likeness (QED) is 0.791. The van der Waals surface area contributed by atoms with Gasteiger partial charge in [-0.2, -0.15) is 5.10 Å². The van der Waals surface area contributed by atoms with Crippen molar-refractivity contribution in [3.8, 4) is 0 Å². The predicted octanol–water partition coefficient (Wildman–Crippen LogP) is 2.55. The molecule has 3 rings (SSSR count). The minimum atomic E-state index is -0.623. The Morgan fingerprint density at radius 2 is 1.92 bits per heavy atom. The monoisotopic (exact) mass is 326 g/mol. The van der Waals surface area contributed by atoms with Crippen LogP contribution < -0.4 is 10.6 Å². The predicted molar refractivity (Wildman–Crippen MR) is 91.8 cm³/mol. The van der Waals surface area contributed by atoms with Crippen LogP contribution in [0, 0.1) is 0 Å². The van der Waals surface area contributed by atoms with Gasteiger partial charge in [0.25, 0.3) is 0 Å². The van der Waals surface area contributed by atoms with Crippen molar-refractivity contribution < 1.29 is 9.90 Å². The summed E-state index contributed by atoms with van der Waals surface area (Å²) in [6.45, 7) is 6.15. The van der Waals surface area contributed by atoms with E-state index in [2.05, 4.69) is 41.6 Å². The van der Waals surface area contributed by atoms with Gasteiger partial charge in [-0.1, -0.05) is 45.0 Å². The van der Waals surface area contributed by atoms with E-state index < -0.39 is 18.2 Å². The number of hydrogen-bond acceptors (Lipinski definition) is 4. The molecule has 0 saturated heterocycles. The molecule has 0 bridgehead atoms. The minimum Gasteiger partial charge on any atom is -0.390 e. The molecule has 0 spiro atoms. The van der Waals surface area contributed by atoms with Crippen molar-refractivity contribution in [2.45, 2.75) is 44.8 Å². The van der Waals surface area contributed by atoms with E-state index in [4.69, 9.17) is 0 Å².